The summed E-state index contributed by atoms with van der Waals surface area (Å²) in [6, 6.07) is 0. The second-order valence-corrected chi connectivity index (χ2v) is 4.42. The Labute approximate surface area is 74.2 Å². The first-order valence-electron chi connectivity index (χ1n) is 3.67. The molecule has 0 aromatic heterocycles. The van der Waals surface area contributed by atoms with Gasteiger partial charge in [-0.1, -0.05) is 24.8 Å². The van der Waals surface area contributed by atoms with Gasteiger partial charge in [0, 0.05) is 4.91 Å². The molecule has 68 valence electrons. The van der Waals surface area contributed by atoms with Gasteiger partial charge in [0.05, 0.1) is 4.91 Å². The molecule has 0 aliphatic rings. The first-order chi connectivity index (χ1) is 5.50. The van der Waals surface area contributed by atoms with Gasteiger partial charge in [-0.25, -0.2) is 8.42 Å². The normalized spacial score (nSPS) is 14.6. The molecular weight excluding hydrogens is 172 g/mol. The molecule has 0 unspecified atom stereocenters. The smallest absolute Gasteiger partial charge is 0.201 e. The van der Waals surface area contributed by atoms with Crippen LogP contribution in [0.3, 0.4) is 0 Å². The third-order valence-corrected chi connectivity index (χ3v) is 3.73. The van der Waals surface area contributed by atoms with E-state index in [4.69, 9.17) is 0 Å². The second kappa shape index (κ2) is 4.26. The quantitative estimate of drug-likeness (QED) is 0.634. The lowest BCUT2D eigenvalue weighted by atomic mass is 10.5. The fourth-order valence-corrected chi connectivity index (χ4v) is 1.94. The largest absolute Gasteiger partial charge is 0.219 e. The van der Waals surface area contributed by atoms with Crippen molar-refractivity contribution < 1.29 is 8.42 Å². The van der Waals surface area contributed by atoms with Gasteiger partial charge in [-0.3, -0.25) is 0 Å². The SMILES string of the molecule is C=C/C(=C\C)S(=O)(=O)/C(C)=C/C. The van der Waals surface area contributed by atoms with Gasteiger partial charge in [0.25, 0.3) is 0 Å². The van der Waals surface area contributed by atoms with Crippen molar-refractivity contribution in [1.29, 1.82) is 0 Å². The molecule has 0 aromatic rings. The third-order valence-electron chi connectivity index (χ3n) is 1.63. The summed E-state index contributed by atoms with van der Waals surface area (Å²) in [6.45, 7) is 8.39. The molecule has 0 rings (SSSR count). The van der Waals surface area contributed by atoms with E-state index < -0.39 is 9.84 Å². The Hall–Kier alpha value is -0.830. The molecule has 0 heterocycles. The van der Waals surface area contributed by atoms with E-state index in [1.54, 1.807) is 26.8 Å². The molecule has 3 heteroatoms. The zero-order valence-corrected chi connectivity index (χ0v) is 8.48. The summed E-state index contributed by atoms with van der Waals surface area (Å²) in [4.78, 5) is 0.619. The van der Waals surface area contributed by atoms with Gasteiger partial charge in [-0.2, -0.15) is 0 Å². The molecule has 0 bridgehead atoms. The maximum absolute atomic E-state index is 11.5. The molecule has 0 radical (unpaired) electrons. The zero-order valence-electron chi connectivity index (χ0n) is 7.66. The van der Waals surface area contributed by atoms with Gasteiger partial charge in [0.2, 0.25) is 9.84 Å². The van der Waals surface area contributed by atoms with Crippen molar-refractivity contribution in [1.82, 2.24) is 0 Å². The van der Waals surface area contributed by atoms with Crippen LogP contribution in [0.2, 0.25) is 0 Å². The van der Waals surface area contributed by atoms with Crippen LogP contribution in [0.5, 0.6) is 0 Å². The molecule has 0 amide bonds. The summed E-state index contributed by atoms with van der Waals surface area (Å²) in [5, 5.41) is 0. The Morgan fingerprint density at radius 2 is 1.75 bits per heavy atom. The van der Waals surface area contributed by atoms with Crippen molar-refractivity contribution in [3.05, 3.63) is 34.6 Å². The van der Waals surface area contributed by atoms with Gasteiger partial charge in [-0.05, 0) is 20.8 Å². The van der Waals surface area contributed by atoms with Gasteiger partial charge in [0.15, 0.2) is 0 Å². The van der Waals surface area contributed by atoms with E-state index in [1.807, 2.05) is 0 Å². The van der Waals surface area contributed by atoms with E-state index in [0.717, 1.165) is 0 Å². The van der Waals surface area contributed by atoms with Crippen molar-refractivity contribution in [2.45, 2.75) is 20.8 Å². The lowest BCUT2D eigenvalue weighted by Crippen LogP contribution is -2.02. The molecule has 2 nitrogen and oxygen atoms in total. The van der Waals surface area contributed by atoms with Crippen molar-refractivity contribution in [2.75, 3.05) is 0 Å². The van der Waals surface area contributed by atoms with Crippen LogP contribution in [0.25, 0.3) is 0 Å². The summed E-state index contributed by atoms with van der Waals surface area (Å²) in [6.07, 6.45) is 4.46. The molecule has 12 heavy (non-hydrogen) atoms. The maximum Gasteiger partial charge on any atom is 0.201 e. The minimum atomic E-state index is -3.25. The highest BCUT2D eigenvalue weighted by atomic mass is 32.2. The highest BCUT2D eigenvalue weighted by Crippen LogP contribution is 2.16. The number of allylic oxidation sites excluding steroid dienone is 4. The first-order valence-corrected chi connectivity index (χ1v) is 5.15. The van der Waals surface area contributed by atoms with E-state index in [-0.39, 0.29) is 4.91 Å². The average Bonchev–Trinajstić information content (AvgIpc) is 2.04. The number of hydrogen-bond acceptors (Lipinski definition) is 2. The van der Waals surface area contributed by atoms with Crippen LogP contribution < -0.4 is 0 Å². The molecule has 0 spiro atoms. The molecule has 0 aliphatic carbocycles. The molecule has 0 atom stereocenters. The molecule has 0 N–H and O–H groups in total. The Kier molecular flexibility index (Phi) is 3.96. The van der Waals surface area contributed by atoms with Crippen LogP contribution in [0, 0.1) is 0 Å². The fourth-order valence-electron chi connectivity index (χ4n) is 0.724. The van der Waals surface area contributed by atoms with Crippen molar-refractivity contribution in [3.8, 4) is 0 Å². The topological polar surface area (TPSA) is 34.1 Å². The van der Waals surface area contributed by atoms with E-state index >= 15 is 0 Å². The Morgan fingerprint density at radius 3 is 2.00 bits per heavy atom. The van der Waals surface area contributed by atoms with Gasteiger partial charge < -0.3 is 0 Å². The average molecular weight is 186 g/mol. The van der Waals surface area contributed by atoms with Gasteiger partial charge in [0.1, 0.15) is 0 Å². The summed E-state index contributed by atoms with van der Waals surface area (Å²) in [7, 11) is -3.25. The lowest BCUT2D eigenvalue weighted by Gasteiger charge is -2.03. The van der Waals surface area contributed by atoms with Crippen LogP contribution in [0.4, 0.5) is 0 Å². The predicted octanol–water partition coefficient (Wildman–Crippen LogP) is 2.41. The van der Waals surface area contributed by atoms with E-state index in [9.17, 15) is 8.42 Å². The van der Waals surface area contributed by atoms with Gasteiger partial charge in [-0.15, -0.1) is 0 Å². The zero-order chi connectivity index (χ0) is 9.78. The first kappa shape index (κ1) is 11.2. The molecule has 0 saturated carbocycles. The van der Waals surface area contributed by atoms with Crippen LogP contribution in [-0.2, 0) is 9.84 Å². The monoisotopic (exact) mass is 186 g/mol. The highest BCUT2D eigenvalue weighted by Gasteiger charge is 2.15. The van der Waals surface area contributed by atoms with Crippen molar-refractivity contribution in [3.63, 3.8) is 0 Å². The maximum atomic E-state index is 11.5. The third kappa shape index (κ3) is 2.08. The summed E-state index contributed by atoms with van der Waals surface area (Å²) in [5.74, 6) is 0. The Morgan fingerprint density at radius 1 is 1.25 bits per heavy atom. The van der Waals surface area contributed by atoms with E-state index in [1.165, 1.54) is 12.2 Å². The molecule has 0 aromatic carbocycles. The Bertz CT molecular complexity index is 318. The Balaban J connectivity index is 5.28. The summed E-state index contributed by atoms with van der Waals surface area (Å²) < 4.78 is 23.0. The fraction of sp³-hybridized carbons (Fsp3) is 0.333. The van der Waals surface area contributed by atoms with E-state index in [2.05, 4.69) is 6.58 Å². The molecule has 0 saturated heterocycles. The minimum absolute atomic E-state index is 0.262. The summed E-state index contributed by atoms with van der Waals surface area (Å²) >= 11 is 0. The number of rotatable bonds is 3. The van der Waals surface area contributed by atoms with E-state index in [0.29, 0.717) is 4.91 Å². The molecule has 0 aliphatic heterocycles. The van der Waals surface area contributed by atoms with Gasteiger partial charge >= 0.3 is 0 Å². The van der Waals surface area contributed by atoms with Crippen LogP contribution in [0.1, 0.15) is 20.8 Å². The highest BCUT2D eigenvalue weighted by molar-refractivity contribution is 7.99. The lowest BCUT2D eigenvalue weighted by molar-refractivity contribution is 0.608. The summed E-state index contributed by atoms with van der Waals surface area (Å²) in [5.41, 5.74) is 0. The minimum Gasteiger partial charge on any atom is -0.219 e. The van der Waals surface area contributed by atoms with Crippen molar-refractivity contribution >= 4 is 9.84 Å². The van der Waals surface area contributed by atoms with Crippen molar-refractivity contribution in [2.24, 2.45) is 0 Å². The molecule has 0 fully saturated rings. The van der Waals surface area contributed by atoms with Crippen LogP contribution in [-0.4, -0.2) is 8.42 Å². The van der Waals surface area contributed by atoms with Crippen LogP contribution in [0.15, 0.2) is 34.6 Å². The number of sulfone groups is 1. The second-order valence-electron chi connectivity index (χ2n) is 2.30. The molecular formula is C9H14O2S. The predicted molar refractivity (Wildman–Crippen MR) is 52.3 cm³/mol. The number of hydrogen-bond donors (Lipinski definition) is 0. The van der Waals surface area contributed by atoms with Crippen LogP contribution >= 0.6 is 0 Å². The standard InChI is InChI=1S/C9H14O2S/c1-5-8(4)12(10,11)9(6-2)7-3/h5-7H,2H2,1,3-4H3/b8-5+,9-7+.